The Morgan fingerprint density at radius 2 is 1.61 bits per heavy atom. The third-order valence-corrected chi connectivity index (χ3v) is 6.06. The summed E-state index contributed by atoms with van der Waals surface area (Å²) in [6.45, 7) is 9.69. The molecule has 5 nitrogen and oxygen atoms in total. The molecule has 0 aliphatic heterocycles. The Hall–Kier alpha value is -2.34. The van der Waals surface area contributed by atoms with Crippen LogP contribution in [0.1, 0.15) is 48.6 Å². The van der Waals surface area contributed by atoms with Gasteiger partial charge in [0.1, 0.15) is 6.04 Å². The first-order valence-corrected chi connectivity index (χ1v) is 11.3. The molecule has 152 valence electrons. The number of rotatable bonds is 7. The van der Waals surface area contributed by atoms with Gasteiger partial charge in [-0.3, -0.25) is 9.10 Å². The molecule has 0 fully saturated rings. The van der Waals surface area contributed by atoms with Gasteiger partial charge in [-0.25, -0.2) is 8.42 Å². The van der Waals surface area contributed by atoms with Crippen molar-refractivity contribution in [3.8, 4) is 0 Å². The lowest BCUT2D eigenvalue weighted by Gasteiger charge is -2.31. The molecule has 2 rings (SSSR count). The van der Waals surface area contributed by atoms with Crippen molar-refractivity contribution >= 4 is 21.6 Å². The predicted molar refractivity (Wildman–Crippen MR) is 115 cm³/mol. The molecule has 0 saturated carbocycles. The van der Waals surface area contributed by atoms with E-state index < -0.39 is 16.1 Å². The van der Waals surface area contributed by atoms with Crippen LogP contribution in [0.15, 0.2) is 42.5 Å². The number of nitrogens with zero attached hydrogens (tertiary/aromatic N) is 1. The summed E-state index contributed by atoms with van der Waals surface area (Å²) in [6, 6.07) is 12.2. The number of aryl methyl sites for hydroxylation is 3. The van der Waals surface area contributed by atoms with E-state index in [-0.39, 0.29) is 11.9 Å². The van der Waals surface area contributed by atoms with E-state index in [0.29, 0.717) is 12.1 Å². The van der Waals surface area contributed by atoms with E-state index in [9.17, 15) is 13.2 Å². The fraction of sp³-hybridized carbons (Fsp3) is 0.409. The van der Waals surface area contributed by atoms with Crippen LogP contribution in [0.4, 0.5) is 5.69 Å². The minimum Gasteiger partial charge on any atom is -0.348 e. The standard InChI is InChI=1S/C22H30N2O3S/c1-7-21(24(28(6,26)27)19-12-9-15(2)10-13-19)22(25)23-18(5)20-14-16(3)8-11-17(20)4/h8-14,18,21H,7H2,1-6H3,(H,23,25)/t18-,21+/m1/s1. The van der Waals surface area contributed by atoms with Crippen LogP contribution in [-0.4, -0.2) is 26.6 Å². The molecular weight excluding hydrogens is 372 g/mol. The Labute approximate surface area is 168 Å². The van der Waals surface area contributed by atoms with E-state index in [1.54, 1.807) is 12.1 Å². The number of sulfonamides is 1. The second-order valence-electron chi connectivity index (χ2n) is 7.41. The molecule has 0 saturated heterocycles. The van der Waals surface area contributed by atoms with Gasteiger partial charge in [-0.15, -0.1) is 0 Å². The molecule has 1 amide bonds. The van der Waals surface area contributed by atoms with Gasteiger partial charge in [-0.1, -0.05) is 48.4 Å². The fourth-order valence-electron chi connectivity index (χ4n) is 3.37. The van der Waals surface area contributed by atoms with Gasteiger partial charge in [0.05, 0.1) is 18.0 Å². The van der Waals surface area contributed by atoms with Gasteiger partial charge < -0.3 is 5.32 Å². The molecular formula is C22H30N2O3S. The van der Waals surface area contributed by atoms with E-state index in [0.717, 1.165) is 28.5 Å². The molecule has 0 radical (unpaired) electrons. The largest absolute Gasteiger partial charge is 0.348 e. The van der Waals surface area contributed by atoms with Gasteiger partial charge in [-0.2, -0.15) is 0 Å². The van der Waals surface area contributed by atoms with Crippen LogP contribution in [0, 0.1) is 20.8 Å². The first-order valence-electron chi connectivity index (χ1n) is 9.48. The average Bonchev–Trinajstić information content (AvgIpc) is 2.61. The van der Waals surface area contributed by atoms with Crippen LogP contribution in [0.25, 0.3) is 0 Å². The highest BCUT2D eigenvalue weighted by Gasteiger charge is 2.32. The predicted octanol–water partition coefficient (Wildman–Crippen LogP) is 4.03. The maximum Gasteiger partial charge on any atom is 0.244 e. The number of carbonyl (C=O) groups excluding carboxylic acids is 1. The zero-order valence-electron chi connectivity index (χ0n) is 17.5. The Morgan fingerprint density at radius 3 is 2.14 bits per heavy atom. The molecule has 2 atom stereocenters. The molecule has 0 aromatic heterocycles. The second-order valence-corrected chi connectivity index (χ2v) is 9.27. The van der Waals surface area contributed by atoms with E-state index in [1.165, 1.54) is 4.31 Å². The van der Waals surface area contributed by atoms with Crippen molar-refractivity contribution < 1.29 is 13.2 Å². The van der Waals surface area contributed by atoms with E-state index in [1.807, 2.05) is 58.9 Å². The molecule has 0 aliphatic carbocycles. The van der Waals surface area contributed by atoms with Gasteiger partial charge >= 0.3 is 0 Å². The van der Waals surface area contributed by atoms with Crippen molar-refractivity contribution in [3.63, 3.8) is 0 Å². The molecule has 0 unspecified atom stereocenters. The molecule has 0 spiro atoms. The lowest BCUT2D eigenvalue weighted by Crippen LogP contribution is -2.49. The quantitative estimate of drug-likeness (QED) is 0.760. The molecule has 0 heterocycles. The van der Waals surface area contributed by atoms with Crippen LogP contribution in [0.2, 0.25) is 0 Å². The summed E-state index contributed by atoms with van der Waals surface area (Å²) in [4.78, 5) is 13.1. The number of carbonyl (C=O) groups is 1. The third kappa shape index (κ3) is 5.13. The van der Waals surface area contributed by atoms with Gasteiger partial charge in [0.2, 0.25) is 15.9 Å². The molecule has 0 aliphatic rings. The Morgan fingerprint density at radius 1 is 1.04 bits per heavy atom. The number of benzene rings is 2. The minimum atomic E-state index is -3.63. The number of hydrogen-bond acceptors (Lipinski definition) is 3. The number of anilines is 1. The smallest absolute Gasteiger partial charge is 0.244 e. The number of amides is 1. The Bertz CT molecular complexity index is 937. The van der Waals surface area contributed by atoms with Crippen LogP contribution >= 0.6 is 0 Å². The summed E-state index contributed by atoms with van der Waals surface area (Å²) in [7, 11) is -3.63. The maximum absolute atomic E-state index is 13.1. The van der Waals surface area contributed by atoms with Crippen LogP contribution in [-0.2, 0) is 14.8 Å². The summed E-state index contributed by atoms with van der Waals surface area (Å²) >= 11 is 0. The van der Waals surface area contributed by atoms with E-state index >= 15 is 0 Å². The summed E-state index contributed by atoms with van der Waals surface area (Å²) in [5.74, 6) is -0.304. The van der Waals surface area contributed by atoms with Crippen molar-refractivity contribution in [3.05, 3.63) is 64.7 Å². The highest BCUT2D eigenvalue weighted by Crippen LogP contribution is 2.24. The van der Waals surface area contributed by atoms with Crippen molar-refractivity contribution in [2.45, 2.75) is 53.1 Å². The zero-order chi connectivity index (χ0) is 21.1. The summed E-state index contributed by atoms with van der Waals surface area (Å²) < 4.78 is 26.3. The van der Waals surface area contributed by atoms with E-state index in [2.05, 4.69) is 11.4 Å². The molecule has 1 N–H and O–H groups in total. The van der Waals surface area contributed by atoms with Crippen molar-refractivity contribution in [2.75, 3.05) is 10.6 Å². The molecule has 2 aromatic carbocycles. The van der Waals surface area contributed by atoms with Crippen LogP contribution < -0.4 is 9.62 Å². The van der Waals surface area contributed by atoms with Crippen molar-refractivity contribution in [2.24, 2.45) is 0 Å². The number of hydrogen-bond donors (Lipinski definition) is 1. The number of nitrogens with one attached hydrogen (secondary N) is 1. The van der Waals surface area contributed by atoms with E-state index in [4.69, 9.17) is 0 Å². The van der Waals surface area contributed by atoms with Crippen molar-refractivity contribution in [1.29, 1.82) is 0 Å². The summed E-state index contributed by atoms with van der Waals surface area (Å²) in [5, 5.41) is 3.00. The van der Waals surface area contributed by atoms with Gasteiger partial charge in [0.15, 0.2) is 0 Å². The molecule has 6 heteroatoms. The molecule has 2 aromatic rings. The van der Waals surface area contributed by atoms with Crippen molar-refractivity contribution in [1.82, 2.24) is 5.32 Å². The molecule has 28 heavy (non-hydrogen) atoms. The maximum atomic E-state index is 13.1. The normalized spacial score (nSPS) is 13.6. The molecule has 0 bridgehead atoms. The minimum absolute atomic E-state index is 0.221. The SMILES string of the molecule is CC[C@@H](C(=O)N[C@H](C)c1cc(C)ccc1C)N(c1ccc(C)cc1)S(C)(=O)=O. The zero-order valence-corrected chi connectivity index (χ0v) is 18.3. The van der Waals surface area contributed by atoms with Crippen LogP contribution in [0.5, 0.6) is 0 Å². The van der Waals surface area contributed by atoms with Gasteiger partial charge in [0, 0.05) is 0 Å². The third-order valence-electron chi connectivity index (χ3n) is 4.88. The summed E-state index contributed by atoms with van der Waals surface area (Å²) in [5.41, 5.74) is 4.76. The van der Waals surface area contributed by atoms with Crippen LogP contribution in [0.3, 0.4) is 0 Å². The highest BCUT2D eigenvalue weighted by molar-refractivity contribution is 7.92. The average molecular weight is 403 g/mol. The Kier molecular flexibility index (Phi) is 6.88. The fourth-order valence-corrected chi connectivity index (χ4v) is 4.58. The van der Waals surface area contributed by atoms with Gasteiger partial charge in [-0.05, 0) is 57.4 Å². The Balaban J connectivity index is 2.33. The second kappa shape index (κ2) is 8.78. The highest BCUT2D eigenvalue weighted by atomic mass is 32.2. The first-order chi connectivity index (χ1) is 13.0. The summed E-state index contributed by atoms with van der Waals surface area (Å²) in [6.07, 6.45) is 1.50. The lowest BCUT2D eigenvalue weighted by molar-refractivity contribution is -0.122. The first kappa shape index (κ1) is 22.0. The monoisotopic (exact) mass is 402 g/mol. The van der Waals surface area contributed by atoms with Gasteiger partial charge in [0.25, 0.3) is 0 Å². The lowest BCUT2D eigenvalue weighted by atomic mass is 9.99. The topological polar surface area (TPSA) is 66.5 Å².